The number of esters is 1. The van der Waals surface area contributed by atoms with Gasteiger partial charge in [0.25, 0.3) is 0 Å². The highest BCUT2D eigenvalue weighted by atomic mass is 16.5. The van der Waals surface area contributed by atoms with Crippen molar-refractivity contribution in [2.45, 2.75) is 95.9 Å². The van der Waals surface area contributed by atoms with E-state index in [2.05, 4.69) is 36.4 Å². The van der Waals surface area contributed by atoms with Gasteiger partial charge in [0.2, 0.25) is 11.8 Å². The fraction of sp³-hybridized carbons (Fsp3) is 0.553. The molecule has 3 unspecified atom stereocenters. The number of hydrogen-bond donors (Lipinski definition) is 1. The fourth-order valence-electron chi connectivity index (χ4n) is 9.52. The first-order valence-corrected chi connectivity index (χ1v) is 17.3. The predicted molar refractivity (Wildman–Crippen MR) is 172 cm³/mol. The Kier molecular flexibility index (Phi) is 8.56. The van der Waals surface area contributed by atoms with Crippen molar-refractivity contribution in [2.24, 2.45) is 28.9 Å². The van der Waals surface area contributed by atoms with Crippen LogP contribution in [0.25, 0.3) is 5.57 Å². The van der Waals surface area contributed by atoms with E-state index >= 15 is 0 Å². The number of rotatable bonds is 10. The average molecular weight is 611 g/mol. The van der Waals surface area contributed by atoms with E-state index in [0.717, 1.165) is 56.3 Å². The standard InChI is InChI=1S/C38H46N2O5/c39-18-4-5-19-44-31-12-8-28(9-13-31)35(27-6-2-1-3-7-27)29-10-14-32(15-11-29)45-37(43)38-23-25-20-26(24-38)22-30(21-25)36(38)40-33(41)16-17-34(40)42/h8-15,25-26,30,36H,1-7,16-24,39H2. The quantitative estimate of drug-likeness (QED) is 0.137. The fourth-order valence-corrected chi connectivity index (χ4v) is 9.52. The maximum Gasteiger partial charge on any atom is 0.319 e. The molecule has 2 N–H and O–H groups in total. The number of nitrogens with two attached hydrogens (primary N) is 1. The van der Waals surface area contributed by atoms with Gasteiger partial charge in [-0.15, -0.1) is 0 Å². The molecule has 5 saturated carbocycles. The van der Waals surface area contributed by atoms with Crippen LogP contribution in [0.2, 0.25) is 0 Å². The van der Waals surface area contributed by atoms with Gasteiger partial charge in [0.1, 0.15) is 11.5 Å². The minimum Gasteiger partial charge on any atom is -0.494 e. The van der Waals surface area contributed by atoms with Crippen molar-refractivity contribution < 1.29 is 23.9 Å². The van der Waals surface area contributed by atoms with Crippen molar-refractivity contribution in [2.75, 3.05) is 13.2 Å². The summed E-state index contributed by atoms with van der Waals surface area (Å²) in [4.78, 5) is 41.5. The van der Waals surface area contributed by atoms with Gasteiger partial charge >= 0.3 is 5.97 Å². The Labute approximate surface area is 266 Å². The first kappa shape index (κ1) is 30.2. The van der Waals surface area contributed by atoms with E-state index in [4.69, 9.17) is 15.2 Å². The van der Waals surface area contributed by atoms with Crippen LogP contribution >= 0.6 is 0 Å². The number of likely N-dealkylation sites (tertiary alicyclic amines) is 1. The molecular weight excluding hydrogens is 564 g/mol. The summed E-state index contributed by atoms with van der Waals surface area (Å²) >= 11 is 0. The molecule has 0 spiro atoms. The maximum atomic E-state index is 14.2. The molecule has 45 heavy (non-hydrogen) atoms. The molecule has 2 amide bonds. The normalized spacial score (nSPS) is 28.9. The number of imide groups is 1. The van der Waals surface area contributed by atoms with E-state index in [-0.39, 0.29) is 42.6 Å². The molecule has 1 heterocycles. The minimum atomic E-state index is -0.799. The third-order valence-electron chi connectivity index (χ3n) is 11.2. The van der Waals surface area contributed by atoms with E-state index in [1.807, 2.05) is 12.1 Å². The number of unbranched alkanes of at least 4 members (excludes halogenated alkanes) is 1. The molecule has 2 aromatic carbocycles. The van der Waals surface area contributed by atoms with E-state index in [9.17, 15) is 14.4 Å². The monoisotopic (exact) mass is 610 g/mol. The van der Waals surface area contributed by atoms with Gasteiger partial charge < -0.3 is 15.2 Å². The molecule has 7 nitrogen and oxygen atoms in total. The lowest BCUT2D eigenvalue weighted by Gasteiger charge is -2.60. The van der Waals surface area contributed by atoms with Crippen LogP contribution in [0.3, 0.4) is 0 Å². The maximum absolute atomic E-state index is 14.2. The van der Waals surface area contributed by atoms with Crippen molar-refractivity contribution in [1.82, 2.24) is 4.90 Å². The Balaban J connectivity index is 1.12. The largest absolute Gasteiger partial charge is 0.494 e. The molecule has 238 valence electrons. The highest BCUT2D eigenvalue weighted by molar-refractivity contribution is 6.03. The molecule has 1 aliphatic heterocycles. The molecule has 0 aromatic heterocycles. The number of carbonyl (C=O) groups is 3. The number of ether oxygens (including phenoxy) is 2. The second-order valence-electron chi connectivity index (χ2n) is 14.2. The van der Waals surface area contributed by atoms with Gasteiger partial charge in [-0.2, -0.15) is 0 Å². The Hall–Kier alpha value is -3.45. The van der Waals surface area contributed by atoms with Gasteiger partial charge in [-0.1, -0.05) is 36.3 Å². The summed E-state index contributed by atoms with van der Waals surface area (Å²) in [6, 6.07) is 16.0. The van der Waals surface area contributed by atoms with Crippen molar-refractivity contribution in [1.29, 1.82) is 0 Å². The number of nitrogens with zero attached hydrogens (tertiary/aromatic N) is 1. The number of benzene rings is 2. The van der Waals surface area contributed by atoms with Crippen LogP contribution in [0.1, 0.15) is 101 Å². The number of hydrogen-bond acceptors (Lipinski definition) is 6. The second kappa shape index (κ2) is 12.7. The molecule has 4 bridgehead atoms. The lowest BCUT2D eigenvalue weighted by Crippen LogP contribution is -2.66. The van der Waals surface area contributed by atoms with Gasteiger partial charge in [0.05, 0.1) is 18.1 Å². The van der Waals surface area contributed by atoms with Crippen LogP contribution in [0.15, 0.2) is 54.1 Å². The van der Waals surface area contributed by atoms with Gasteiger partial charge in [0, 0.05) is 12.8 Å². The Morgan fingerprint density at radius 1 is 0.778 bits per heavy atom. The van der Waals surface area contributed by atoms with Gasteiger partial charge in [-0.05, 0) is 136 Å². The zero-order valence-electron chi connectivity index (χ0n) is 26.3. The van der Waals surface area contributed by atoms with Crippen LogP contribution in [-0.2, 0) is 14.4 Å². The second-order valence-corrected chi connectivity index (χ2v) is 14.2. The molecule has 1 saturated heterocycles. The first-order valence-electron chi connectivity index (χ1n) is 17.3. The average Bonchev–Trinajstić information content (AvgIpc) is 3.38. The summed E-state index contributed by atoms with van der Waals surface area (Å²) in [7, 11) is 0. The zero-order valence-corrected chi connectivity index (χ0v) is 26.3. The summed E-state index contributed by atoms with van der Waals surface area (Å²) in [6.45, 7) is 1.35. The topological polar surface area (TPSA) is 98.9 Å². The minimum absolute atomic E-state index is 0.122. The molecule has 6 fully saturated rings. The molecule has 0 radical (unpaired) electrons. The summed E-state index contributed by atoms with van der Waals surface area (Å²) in [5.41, 5.74) is 9.82. The zero-order chi connectivity index (χ0) is 31.0. The van der Waals surface area contributed by atoms with E-state index in [0.29, 0.717) is 43.6 Å². The third-order valence-corrected chi connectivity index (χ3v) is 11.2. The number of carbonyl (C=O) groups excluding carboxylic acids is 3. The van der Waals surface area contributed by atoms with E-state index in [1.165, 1.54) is 40.9 Å². The molecular formula is C38H46N2O5. The predicted octanol–water partition coefficient (Wildman–Crippen LogP) is 6.82. The van der Waals surface area contributed by atoms with Crippen molar-refractivity contribution in [3.05, 3.63) is 65.2 Å². The van der Waals surface area contributed by atoms with Crippen molar-refractivity contribution in [3.8, 4) is 11.5 Å². The first-order chi connectivity index (χ1) is 21.9. The summed E-state index contributed by atoms with van der Waals surface area (Å²) in [6.07, 6.45) is 12.8. The van der Waals surface area contributed by atoms with Gasteiger partial charge in [-0.3, -0.25) is 19.3 Å². The summed E-state index contributed by atoms with van der Waals surface area (Å²) in [5, 5.41) is 0. The van der Waals surface area contributed by atoms with Crippen LogP contribution in [0.4, 0.5) is 0 Å². The van der Waals surface area contributed by atoms with Crippen LogP contribution in [0.5, 0.6) is 11.5 Å². The van der Waals surface area contributed by atoms with Crippen molar-refractivity contribution >= 4 is 23.4 Å². The van der Waals surface area contributed by atoms with E-state index < -0.39 is 5.41 Å². The third kappa shape index (κ3) is 5.84. The summed E-state index contributed by atoms with van der Waals surface area (Å²) in [5.74, 6) is 2.01. The molecule has 8 rings (SSSR count). The van der Waals surface area contributed by atoms with Crippen LogP contribution in [-0.4, -0.2) is 41.9 Å². The molecule has 6 aliphatic rings. The highest BCUT2D eigenvalue weighted by Crippen LogP contribution is 2.62. The smallest absolute Gasteiger partial charge is 0.319 e. The Morgan fingerprint density at radius 3 is 1.98 bits per heavy atom. The number of amides is 2. The lowest BCUT2D eigenvalue weighted by molar-refractivity contribution is -0.182. The van der Waals surface area contributed by atoms with Crippen molar-refractivity contribution in [3.63, 3.8) is 0 Å². The van der Waals surface area contributed by atoms with Crippen LogP contribution in [0, 0.1) is 23.2 Å². The highest BCUT2D eigenvalue weighted by Gasteiger charge is 2.65. The Bertz CT molecular complexity index is 1420. The van der Waals surface area contributed by atoms with Gasteiger partial charge in [-0.25, -0.2) is 0 Å². The molecule has 3 atom stereocenters. The van der Waals surface area contributed by atoms with E-state index in [1.54, 1.807) is 0 Å². The Morgan fingerprint density at radius 2 is 1.38 bits per heavy atom. The molecule has 5 aliphatic carbocycles. The van der Waals surface area contributed by atoms with Crippen LogP contribution < -0.4 is 15.2 Å². The number of allylic oxidation sites excluding steroid dienone is 1. The molecule has 7 heteroatoms. The lowest BCUT2D eigenvalue weighted by atomic mass is 9.47. The van der Waals surface area contributed by atoms with Gasteiger partial charge in [0.15, 0.2) is 0 Å². The summed E-state index contributed by atoms with van der Waals surface area (Å²) < 4.78 is 12.1. The SMILES string of the molecule is NCCCCOc1ccc(C(=C2CCCCC2)c2ccc(OC(=O)C34CC5CC(CC(C5)C3N3C(=O)CCC3=O)C4)cc2)cc1. The molecule has 2 aromatic rings.